The van der Waals surface area contributed by atoms with Crippen molar-refractivity contribution >= 4 is 10.2 Å². The van der Waals surface area contributed by atoms with E-state index < -0.39 is 10.2 Å². The second-order valence-electron chi connectivity index (χ2n) is 5.46. The van der Waals surface area contributed by atoms with E-state index in [1.165, 1.54) is 0 Å². The molecule has 2 N–H and O–H groups in total. The van der Waals surface area contributed by atoms with Crippen molar-refractivity contribution in [3.8, 4) is 0 Å². The van der Waals surface area contributed by atoms with Crippen LogP contribution in [0.2, 0.25) is 0 Å². The third kappa shape index (κ3) is 5.00. The molecule has 1 unspecified atom stereocenters. The maximum absolute atomic E-state index is 12.1. The Morgan fingerprint density at radius 1 is 1.32 bits per heavy atom. The fraction of sp³-hybridized carbons (Fsp3) is 1.00. The number of nitrogens with one attached hydrogen (secondary N) is 2. The van der Waals surface area contributed by atoms with E-state index in [0.717, 1.165) is 38.8 Å². The molecule has 1 aliphatic heterocycles. The normalized spacial score (nSPS) is 25.6. The van der Waals surface area contributed by atoms with Gasteiger partial charge in [-0.05, 0) is 38.1 Å². The van der Waals surface area contributed by atoms with Gasteiger partial charge in [0.1, 0.15) is 0 Å². The molecule has 1 heterocycles. The summed E-state index contributed by atoms with van der Waals surface area (Å²) in [6, 6.07) is 0.185. The van der Waals surface area contributed by atoms with Gasteiger partial charge < -0.3 is 10.1 Å². The van der Waals surface area contributed by atoms with Gasteiger partial charge in [0.2, 0.25) is 0 Å². The first-order valence-electron chi connectivity index (χ1n) is 7.09. The molecule has 0 radical (unpaired) electrons. The van der Waals surface area contributed by atoms with Crippen molar-refractivity contribution in [2.24, 2.45) is 5.92 Å². The van der Waals surface area contributed by atoms with Crippen LogP contribution < -0.4 is 10.0 Å². The van der Waals surface area contributed by atoms with Crippen molar-refractivity contribution in [3.05, 3.63) is 0 Å². The minimum Gasteiger partial charge on any atom is -0.383 e. The van der Waals surface area contributed by atoms with Gasteiger partial charge in [0, 0.05) is 32.8 Å². The zero-order valence-corrected chi connectivity index (χ0v) is 12.4. The van der Waals surface area contributed by atoms with Crippen LogP contribution in [0.5, 0.6) is 0 Å². The molecule has 1 atom stereocenters. The average molecular weight is 291 g/mol. The summed E-state index contributed by atoms with van der Waals surface area (Å²) in [5, 5.41) is 3.31. The summed E-state index contributed by atoms with van der Waals surface area (Å²) < 4.78 is 33.6. The Hall–Kier alpha value is -0.210. The molecule has 6 nitrogen and oxygen atoms in total. The van der Waals surface area contributed by atoms with Crippen LogP contribution in [0, 0.1) is 5.92 Å². The van der Waals surface area contributed by atoms with E-state index in [0.29, 0.717) is 25.6 Å². The van der Waals surface area contributed by atoms with Gasteiger partial charge in [0.05, 0.1) is 6.61 Å². The second kappa shape index (κ2) is 6.99. The van der Waals surface area contributed by atoms with Crippen molar-refractivity contribution in [3.63, 3.8) is 0 Å². The maximum atomic E-state index is 12.1. The Morgan fingerprint density at radius 2 is 2.11 bits per heavy atom. The molecule has 1 aliphatic carbocycles. The largest absolute Gasteiger partial charge is 0.383 e. The predicted octanol–water partition coefficient (Wildman–Crippen LogP) is -0.0688. The Morgan fingerprint density at radius 3 is 2.79 bits per heavy atom. The molecule has 1 saturated carbocycles. The second-order valence-corrected chi connectivity index (χ2v) is 7.16. The van der Waals surface area contributed by atoms with Crippen molar-refractivity contribution in [2.45, 2.75) is 31.7 Å². The maximum Gasteiger partial charge on any atom is 0.279 e. The predicted molar refractivity (Wildman–Crippen MR) is 74.1 cm³/mol. The van der Waals surface area contributed by atoms with E-state index in [9.17, 15) is 8.42 Å². The number of methoxy groups -OCH3 is 1. The number of rotatable bonds is 8. The summed E-state index contributed by atoms with van der Waals surface area (Å²) in [5.41, 5.74) is 0. The SMILES string of the molecule is COCCNCC1CCCN(S(=O)(=O)NC2CC2)C1. The lowest BCUT2D eigenvalue weighted by molar-refractivity contribution is 0.193. The fourth-order valence-electron chi connectivity index (χ4n) is 2.38. The van der Waals surface area contributed by atoms with Gasteiger partial charge in [-0.1, -0.05) is 0 Å². The van der Waals surface area contributed by atoms with Crippen LogP contribution in [0.25, 0.3) is 0 Å². The highest BCUT2D eigenvalue weighted by atomic mass is 32.2. The van der Waals surface area contributed by atoms with Crippen LogP contribution in [0.4, 0.5) is 0 Å². The van der Waals surface area contributed by atoms with Crippen LogP contribution in [0.15, 0.2) is 0 Å². The van der Waals surface area contributed by atoms with Crippen LogP contribution in [0.1, 0.15) is 25.7 Å². The average Bonchev–Trinajstić information content (AvgIpc) is 3.18. The highest BCUT2D eigenvalue weighted by Gasteiger charge is 2.33. The molecule has 2 aliphatic rings. The Bertz CT molecular complexity index is 370. The molecule has 0 aromatic rings. The zero-order chi connectivity index (χ0) is 13.7. The number of nitrogens with zero attached hydrogens (tertiary/aromatic N) is 1. The summed E-state index contributed by atoms with van der Waals surface area (Å²) >= 11 is 0. The van der Waals surface area contributed by atoms with Gasteiger partial charge >= 0.3 is 0 Å². The van der Waals surface area contributed by atoms with E-state index in [2.05, 4.69) is 10.0 Å². The quantitative estimate of drug-likeness (QED) is 0.614. The first-order chi connectivity index (χ1) is 9.12. The van der Waals surface area contributed by atoms with E-state index in [-0.39, 0.29) is 6.04 Å². The standard InChI is InChI=1S/C12H25N3O3S/c1-18-8-6-13-9-11-3-2-7-15(10-11)19(16,17)14-12-4-5-12/h11-14H,2-10H2,1H3. The summed E-state index contributed by atoms with van der Waals surface area (Å²) in [6.45, 7) is 3.65. The molecule has 2 rings (SSSR count). The molecular weight excluding hydrogens is 266 g/mol. The minimum atomic E-state index is -3.26. The van der Waals surface area contributed by atoms with Gasteiger partial charge in [-0.3, -0.25) is 0 Å². The summed E-state index contributed by atoms with van der Waals surface area (Å²) in [7, 11) is -1.58. The van der Waals surface area contributed by atoms with Crippen molar-refractivity contribution in [1.29, 1.82) is 0 Å². The zero-order valence-electron chi connectivity index (χ0n) is 11.6. The van der Waals surface area contributed by atoms with Crippen molar-refractivity contribution in [1.82, 2.24) is 14.3 Å². The highest BCUT2D eigenvalue weighted by Crippen LogP contribution is 2.23. The van der Waals surface area contributed by atoms with Crippen molar-refractivity contribution < 1.29 is 13.2 Å². The Kier molecular flexibility index (Phi) is 5.58. The lowest BCUT2D eigenvalue weighted by atomic mass is 10.00. The van der Waals surface area contributed by atoms with Crippen molar-refractivity contribution in [2.75, 3.05) is 39.9 Å². The Labute approximate surface area is 116 Å². The molecule has 19 heavy (non-hydrogen) atoms. The van der Waals surface area contributed by atoms with E-state index in [1.54, 1.807) is 11.4 Å². The molecule has 0 spiro atoms. The van der Waals surface area contributed by atoms with Gasteiger partial charge in [-0.25, -0.2) is 0 Å². The molecule has 0 amide bonds. The minimum absolute atomic E-state index is 0.185. The number of hydrogen-bond donors (Lipinski definition) is 2. The first kappa shape index (κ1) is 15.2. The van der Waals surface area contributed by atoms with Gasteiger partial charge in [0.25, 0.3) is 10.2 Å². The van der Waals surface area contributed by atoms with E-state index in [1.807, 2.05) is 0 Å². The Balaban J connectivity index is 1.76. The topological polar surface area (TPSA) is 70.7 Å². The summed E-state index contributed by atoms with van der Waals surface area (Å²) in [4.78, 5) is 0. The lowest BCUT2D eigenvalue weighted by Crippen LogP contribution is -2.48. The molecule has 0 bridgehead atoms. The lowest BCUT2D eigenvalue weighted by Gasteiger charge is -2.32. The van der Waals surface area contributed by atoms with Gasteiger partial charge in [-0.15, -0.1) is 0 Å². The van der Waals surface area contributed by atoms with E-state index >= 15 is 0 Å². The number of piperidine rings is 1. The highest BCUT2D eigenvalue weighted by molar-refractivity contribution is 7.87. The third-order valence-corrected chi connectivity index (χ3v) is 5.27. The van der Waals surface area contributed by atoms with Gasteiger partial charge in [0.15, 0.2) is 0 Å². The van der Waals surface area contributed by atoms with Gasteiger partial charge in [-0.2, -0.15) is 17.4 Å². The summed E-state index contributed by atoms with van der Waals surface area (Å²) in [5.74, 6) is 0.404. The van der Waals surface area contributed by atoms with Crippen LogP contribution in [-0.2, 0) is 14.9 Å². The molecule has 0 aromatic heterocycles. The smallest absolute Gasteiger partial charge is 0.279 e. The monoisotopic (exact) mass is 291 g/mol. The first-order valence-corrected chi connectivity index (χ1v) is 8.53. The molecule has 2 fully saturated rings. The molecule has 7 heteroatoms. The third-order valence-electron chi connectivity index (χ3n) is 3.63. The number of ether oxygens (including phenoxy) is 1. The fourth-order valence-corrected chi connectivity index (χ4v) is 3.96. The van der Waals surface area contributed by atoms with Crippen LogP contribution in [0.3, 0.4) is 0 Å². The van der Waals surface area contributed by atoms with Crippen LogP contribution >= 0.6 is 0 Å². The molecule has 112 valence electrons. The van der Waals surface area contributed by atoms with E-state index in [4.69, 9.17) is 4.74 Å². The molecule has 1 saturated heterocycles. The number of hydrogen-bond acceptors (Lipinski definition) is 4. The van der Waals surface area contributed by atoms with Crippen LogP contribution in [-0.4, -0.2) is 58.7 Å². The molecule has 0 aromatic carbocycles. The summed E-state index contributed by atoms with van der Waals surface area (Å²) in [6.07, 6.45) is 4.00. The molecular formula is C12H25N3O3S.